The molecule has 14 heteroatoms. The lowest BCUT2D eigenvalue weighted by Gasteiger charge is -2.13. The van der Waals surface area contributed by atoms with Gasteiger partial charge in [-0.25, -0.2) is 9.97 Å². The Balaban J connectivity index is 1.94. The second kappa shape index (κ2) is 7.00. The van der Waals surface area contributed by atoms with Gasteiger partial charge in [-0.05, 0) is 34.1 Å². The van der Waals surface area contributed by atoms with E-state index in [4.69, 9.17) is 4.74 Å². The fraction of sp³-hybridized carbons (Fsp3) is 0.214. The summed E-state index contributed by atoms with van der Waals surface area (Å²) in [6, 6.07) is 3.53. The number of nitrogens with zero attached hydrogens (tertiary/aromatic N) is 3. The van der Waals surface area contributed by atoms with Crippen molar-refractivity contribution in [3.05, 3.63) is 28.5 Å². The molecule has 0 unspecified atom stereocenters. The summed E-state index contributed by atoms with van der Waals surface area (Å²) in [6.07, 6.45) is -9.59. The summed E-state index contributed by atoms with van der Waals surface area (Å²) < 4.78 is 84.0. The van der Waals surface area contributed by atoms with Crippen LogP contribution < -0.4 is 14.8 Å². The molecule has 0 aliphatic carbocycles. The van der Waals surface area contributed by atoms with Crippen LogP contribution >= 0.6 is 15.9 Å². The summed E-state index contributed by atoms with van der Waals surface area (Å²) in [4.78, 5) is 13.1. The Labute approximate surface area is 160 Å². The number of alkyl halides is 6. The van der Waals surface area contributed by atoms with E-state index in [1.807, 2.05) is 4.98 Å². The van der Waals surface area contributed by atoms with Gasteiger partial charge < -0.3 is 19.8 Å². The normalized spacial score (nSPS) is 12.3. The summed E-state index contributed by atoms with van der Waals surface area (Å²) >= 11 is 2.94. The minimum atomic E-state index is -4.87. The summed E-state index contributed by atoms with van der Waals surface area (Å²) in [5.74, 6) is -2.00. The highest BCUT2D eigenvalue weighted by molar-refractivity contribution is 9.10. The molecule has 0 saturated carbocycles. The topological polar surface area (TPSA) is 85.0 Å². The lowest BCUT2D eigenvalue weighted by Crippen LogP contribution is -2.17. The first kappa shape index (κ1) is 20.0. The second-order valence-electron chi connectivity index (χ2n) is 5.15. The molecule has 3 aromatic rings. The van der Waals surface area contributed by atoms with E-state index in [9.17, 15) is 26.3 Å². The smallest absolute Gasteiger partial charge is 0.478 e. The van der Waals surface area contributed by atoms with E-state index in [2.05, 4.69) is 40.9 Å². The van der Waals surface area contributed by atoms with Crippen molar-refractivity contribution in [3.8, 4) is 11.6 Å². The number of anilines is 2. The van der Waals surface area contributed by atoms with E-state index in [1.165, 1.54) is 19.2 Å². The first-order valence-electron chi connectivity index (χ1n) is 7.17. The number of H-pyrrole nitrogens is 1. The number of aromatic amines is 1. The number of imidazole rings is 1. The van der Waals surface area contributed by atoms with Crippen LogP contribution in [-0.4, -0.2) is 33.4 Å². The molecule has 2 N–H and O–H groups in total. The monoisotopic (exact) mass is 471 g/mol. The van der Waals surface area contributed by atoms with E-state index < -0.39 is 24.1 Å². The van der Waals surface area contributed by atoms with E-state index in [0.717, 1.165) is 6.07 Å². The molecule has 0 atom stereocenters. The number of ether oxygens (including phenoxy) is 2. The zero-order valence-corrected chi connectivity index (χ0v) is 15.1. The molecule has 7 nitrogen and oxygen atoms in total. The number of methoxy groups -OCH3 is 1. The van der Waals surface area contributed by atoms with Crippen molar-refractivity contribution < 1.29 is 35.8 Å². The molecule has 0 amide bonds. The van der Waals surface area contributed by atoms with Crippen molar-refractivity contribution in [2.24, 2.45) is 0 Å². The number of aromatic nitrogens is 4. The molecule has 28 heavy (non-hydrogen) atoms. The highest BCUT2D eigenvalue weighted by Gasteiger charge is 2.35. The Kier molecular flexibility index (Phi) is 4.99. The van der Waals surface area contributed by atoms with Crippen LogP contribution in [0.4, 0.5) is 37.8 Å². The molecule has 0 bridgehead atoms. The lowest BCUT2D eigenvalue weighted by molar-refractivity contribution is -0.274. The van der Waals surface area contributed by atoms with Gasteiger partial charge in [-0.3, -0.25) is 0 Å². The molecule has 0 aliphatic rings. The Morgan fingerprint density at radius 3 is 2.36 bits per heavy atom. The first-order chi connectivity index (χ1) is 13.0. The maximum atomic E-state index is 12.8. The minimum absolute atomic E-state index is 0.0243. The predicted molar refractivity (Wildman–Crippen MR) is 87.3 cm³/mol. The highest BCUT2D eigenvalue weighted by Crippen LogP contribution is 2.35. The minimum Gasteiger partial charge on any atom is -0.478 e. The van der Waals surface area contributed by atoms with Crippen LogP contribution in [0.1, 0.15) is 5.82 Å². The van der Waals surface area contributed by atoms with E-state index in [0.29, 0.717) is 0 Å². The maximum Gasteiger partial charge on any atom is 0.573 e. The van der Waals surface area contributed by atoms with Gasteiger partial charge in [0, 0.05) is 5.69 Å². The second-order valence-corrected chi connectivity index (χ2v) is 6.01. The van der Waals surface area contributed by atoms with Crippen LogP contribution in [0.5, 0.6) is 11.6 Å². The van der Waals surface area contributed by atoms with Gasteiger partial charge in [-0.2, -0.15) is 18.2 Å². The third-order valence-electron chi connectivity index (χ3n) is 3.18. The van der Waals surface area contributed by atoms with Gasteiger partial charge in [-0.15, -0.1) is 13.2 Å². The van der Waals surface area contributed by atoms with E-state index in [-0.39, 0.29) is 33.2 Å². The quantitative estimate of drug-likeness (QED) is 0.532. The summed E-state index contributed by atoms with van der Waals surface area (Å²) in [5, 5.41) is 2.70. The number of rotatable bonds is 4. The van der Waals surface area contributed by atoms with Gasteiger partial charge >= 0.3 is 12.5 Å². The number of hydrogen-bond acceptors (Lipinski definition) is 6. The molecule has 1 aromatic carbocycles. The molecule has 0 aliphatic heterocycles. The van der Waals surface area contributed by atoms with Crippen molar-refractivity contribution in [2.45, 2.75) is 12.5 Å². The van der Waals surface area contributed by atoms with E-state index in [1.54, 1.807) is 0 Å². The number of hydrogen-bond donors (Lipinski definition) is 2. The third kappa shape index (κ3) is 4.37. The van der Waals surface area contributed by atoms with Crippen LogP contribution in [0.2, 0.25) is 0 Å². The Morgan fingerprint density at radius 2 is 1.79 bits per heavy atom. The van der Waals surface area contributed by atoms with Gasteiger partial charge in [0.15, 0.2) is 11.5 Å². The number of nitrogens with one attached hydrogen (secondary N) is 2. The van der Waals surface area contributed by atoms with Gasteiger partial charge in [-0.1, -0.05) is 0 Å². The molecular weight excluding hydrogens is 464 g/mol. The molecule has 150 valence electrons. The van der Waals surface area contributed by atoms with E-state index >= 15 is 0 Å². The number of fused-ring (bicyclic) bond motifs is 1. The SMILES string of the molecule is COc1nc2nc(C(F)(F)F)[nH]c2nc1Nc1ccc(OC(F)(F)F)c(Br)c1. The number of benzene rings is 1. The third-order valence-corrected chi connectivity index (χ3v) is 3.80. The largest absolute Gasteiger partial charge is 0.573 e. The lowest BCUT2D eigenvalue weighted by atomic mass is 10.3. The van der Waals surface area contributed by atoms with Gasteiger partial charge in [0.1, 0.15) is 5.75 Å². The van der Waals surface area contributed by atoms with Crippen molar-refractivity contribution >= 4 is 38.7 Å². The Hall–Kier alpha value is -2.77. The standard InChI is InChI=1S/C14H8BrF6N5O2/c1-27-11-10(23-8-9(24-11)26-12(25-8)13(16,17)18)22-5-2-3-7(6(15)4-5)28-14(19,20)21/h2-4H,1H3,(H2,22,23,24,25,26). The van der Waals surface area contributed by atoms with Crippen LogP contribution in [0.3, 0.4) is 0 Å². The first-order valence-corrected chi connectivity index (χ1v) is 7.97. The number of halogens is 7. The van der Waals surface area contributed by atoms with Crippen molar-refractivity contribution in [1.82, 2.24) is 19.9 Å². The zero-order valence-electron chi connectivity index (χ0n) is 13.5. The average molecular weight is 472 g/mol. The molecule has 0 spiro atoms. The fourth-order valence-corrected chi connectivity index (χ4v) is 2.56. The molecule has 0 fully saturated rings. The molecule has 2 heterocycles. The van der Waals surface area contributed by atoms with Gasteiger partial charge in [0.05, 0.1) is 11.6 Å². The molecule has 0 saturated heterocycles. The summed E-state index contributed by atoms with van der Waals surface area (Å²) in [7, 11) is 1.22. The van der Waals surface area contributed by atoms with Crippen LogP contribution in [0.25, 0.3) is 11.3 Å². The molecule has 3 rings (SSSR count). The van der Waals surface area contributed by atoms with Crippen LogP contribution in [0.15, 0.2) is 22.7 Å². The highest BCUT2D eigenvalue weighted by atomic mass is 79.9. The van der Waals surface area contributed by atoms with Gasteiger partial charge in [0.25, 0.3) is 5.88 Å². The van der Waals surface area contributed by atoms with Crippen molar-refractivity contribution in [2.75, 3.05) is 12.4 Å². The van der Waals surface area contributed by atoms with Crippen LogP contribution in [0, 0.1) is 0 Å². The maximum absolute atomic E-state index is 12.8. The average Bonchev–Trinajstić information content (AvgIpc) is 2.98. The van der Waals surface area contributed by atoms with Crippen molar-refractivity contribution in [3.63, 3.8) is 0 Å². The Bertz CT molecular complexity index is 1020. The fourth-order valence-electron chi connectivity index (χ4n) is 2.10. The zero-order chi connectivity index (χ0) is 20.7. The summed E-state index contributed by atoms with van der Waals surface area (Å²) in [6.45, 7) is 0. The summed E-state index contributed by atoms with van der Waals surface area (Å²) in [5.41, 5.74) is -0.333. The molecule has 0 radical (unpaired) electrons. The molecule has 2 aromatic heterocycles. The molecular formula is C14H8BrF6N5O2. The predicted octanol–water partition coefficient (Wildman–Crippen LogP) is 4.79. The van der Waals surface area contributed by atoms with Crippen molar-refractivity contribution in [1.29, 1.82) is 0 Å². The van der Waals surface area contributed by atoms with Gasteiger partial charge in [0.2, 0.25) is 11.5 Å². The van der Waals surface area contributed by atoms with Crippen LogP contribution in [-0.2, 0) is 6.18 Å². The Morgan fingerprint density at radius 1 is 1.07 bits per heavy atom.